The van der Waals surface area contributed by atoms with E-state index in [1.165, 1.54) is 38.5 Å². The van der Waals surface area contributed by atoms with E-state index in [9.17, 15) is 4.79 Å². The van der Waals surface area contributed by atoms with E-state index in [1.807, 2.05) is 24.3 Å². The van der Waals surface area contributed by atoms with Gasteiger partial charge in [-0.2, -0.15) is 0 Å². The molecule has 2 saturated carbocycles. The standard InChI is InChI=1S/C29H39N3O3/c1-34-25-18-17-21(19-26(25)35-2)29(31-23-15-9-10-16-24(23)32-29)27(20-11-5-3-6-12-20)28(33)30-22-13-7-4-8-14-22/h9-10,15-20,22,27,31-32H,3-8,11-14H2,1-2H3,(H,30,33). The second kappa shape index (κ2) is 10.4. The number of carbonyl (C=O) groups is 1. The second-order valence-electron chi connectivity index (χ2n) is 10.4. The van der Waals surface area contributed by atoms with E-state index in [-0.39, 0.29) is 23.8 Å². The van der Waals surface area contributed by atoms with Crippen LogP contribution in [-0.2, 0) is 10.5 Å². The van der Waals surface area contributed by atoms with E-state index in [2.05, 4.69) is 34.1 Å². The molecular formula is C29H39N3O3. The average molecular weight is 478 g/mol. The topological polar surface area (TPSA) is 71.6 Å². The summed E-state index contributed by atoms with van der Waals surface area (Å²) in [5, 5.41) is 11.1. The number of benzene rings is 2. The number of fused-ring (bicyclic) bond motifs is 1. The van der Waals surface area contributed by atoms with Crippen molar-refractivity contribution in [2.75, 3.05) is 24.9 Å². The maximum absolute atomic E-state index is 14.3. The number of hydrogen-bond donors (Lipinski definition) is 3. The normalized spacial score (nSPS) is 20.7. The number of rotatable bonds is 7. The molecule has 2 aliphatic carbocycles. The molecule has 6 heteroatoms. The molecule has 0 saturated heterocycles. The highest BCUT2D eigenvalue weighted by atomic mass is 16.5. The first-order valence-corrected chi connectivity index (χ1v) is 13.3. The quantitative estimate of drug-likeness (QED) is 0.453. The molecule has 0 spiro atoms. The zero-order valence-corrected chi connectivity index (χ0v) is 21.1. The molecule has 0 radical (unpaired) electrons. The van der Waals surface area contributed by atoms with Gasteiger partial charge in [0.05, 0.1) is 31.5 Å². The van der Waals surface area contributed by atoms with E-state index in [0.29, 0.717) is 11.5 Å². The molecule has 0 bridgehead atoms. The van der Waals surface area contributed by atoms with Crippen LogP contribution < -0.4 is 25.4 Å². The van der Waals surface area contributed by atoms with Crippen LogP contribution in [-0.4, -0.2) is 26.2 Å². The number of hydrogen-bond acceptors (Lipinski definition) is 5. The molecule has 5 rings (SSSR count). The van der Waals surface area contributed by atoms with E-state index in [4.69, 9.17) is 9.47 Å². The smallest absolute Gasteiger partial charge is 0.228 e. The Labute approximate surface area is 209 Å². The minimum Gasteiger partial charge on any atom is -0.493 e. The number of ether oxygens (including phenoxy) is 2. The van der Waals surface area contributed by atoms with E-state index in [0.717, 1.165) is 42.6 Å². The van der Waals surface area contributed by atoms with Crippen molar-refractivity contribution >= 4 is 17.3 Å². The highest BCUT2D eigenvalue weighted by Crippen LogP contribution is 2.50. The van der Waals surface area contributed by atoms with Crippen molar-refractivity contribution in [1.29, 1.82) is 0 Å². The van der Waals surface area contributed by atoms with Gasteiger partial charge in [-0.3, -0.25) is 4.79 Å². The lowest BCUT2D eigenvalue weighted by Crippen LogP contribution is -2.56. The summed E-state index contributed by atoms with van der Waals surface area (Å²) in [7, 11) is 3.31. The maximum Gasteiger partial charge on any atom is 0.228 e. The summed E-state index contributed by atoms with van der Waals surface area (Å²) in [6, 6.07) is 14.5. The summed E-state index contributed by atoms with van der Waals surface area (Å²) < 4.78 is 11.2. The predicted octanol–water partition coefficient (Wildman–Crippen LogP) is 6.04. The van der Waals surface area contributed by atoms with Crippen LogP contribution in [0, 0.1) is 11.8 Å². The largest absolute Gasteiger partial charge is 0.493 e. The van der Waals surface area contributed by atoms with Crippen LogP contribution in [0.4, 0.5) is 11.4 Å². The summed E-state index contributed by atoms with van der Waals surface area (Å²) in [5.74, 6) is 1.53. The van der Waals surface area contributed by atoms with Crippen LogP contribution in [0.3, 0.4) is 0 Å². The van der Waals surface area contributed by atoms with Crippen LogP contribution in [0.15, 0.2) is 42.5 Å². The molecule has 1 atom stereocenters. The van der Waals surface area contributed by atoms with Gasteiger partial charge < -0.3 is 25.4 Å². The molecule has 6 nitrogen and oxygen atoms in total. The fourth-order valence-electron chi connectivity index (χ4n) is 6.49. The molecular weight excluding hydrogens is 438 g/mol. The first-order valence-electron chi connectivity index (χ1n) is 13.3. The summed E-state index contributed by atoms with van der Waals surface area (Å²) in [6.45, 7) is 0. The van der Waals surface area contributed by atoms with Crippen LogP contribution >= 0.6 is 0 Å². The Bertz CT molecular complexity index is 1000. The molecule has 2 aromatic carbocycles. The molecule has 2 aromatic rings. The van der Waals surface area contributed by atoms with Crippen molar-refractivity contribution < 1.29 is 14.3 Å². The van der Waals surface area contributed by atoms with E-state index in [1.54, 1.807) is 14.2 Å². The van der Waals surface area contributed by atoms with Crippen molar-refractivity contribution in [2.45, 2.75) is 75.9 Å². The van der Waals surface area contributed by atoms with Gasteiger partial charge in [0.15, 0.2) is 11.5 Å². The van der Waals surface area contributed by atoms with Crippen molar-refractivity contribution in [3.8, 4) is 11.5 Å². The van der Waals surface area contributed by atoms with Gasteiger partial charge in [0.2, 0.25) is 5.91 Å². The van der Waals surface area contributed by atoms with E-state index < -0.39 is 5.66 Å². The fourth-order valence-corrected chi connectivity index (χ4v) is 6.49. The Kier molecular flexibility index (Phi) is 7.07. The van der Waals surface area contributed by atoms with E-state index >= 15 is 0 Å². The third-order valence-corrected chi connectivity index (χ3v) is 8.25. The number of methoxy groups -OCH3 is 2. The van der Waals surface area contributed by atoms with Crippen molar-refractivity contribution in [1.82, 2.24) is 5.32 Å². The minimum absolute atomic E-state index is 0.159. The highest BCUT2D eigenvalue weighted by molar-refractivity contribution is 5.86. The maximum atomic E-state index is 14.3. The minimum atomic E-state index is -0.774. The molecule has 3 aliphatic rings. The van der Waals surface area contributed by atoms with Crippen molar-refractivity contribution in [2.24, 2.45) is 11.8 Å². The zero-order chi connectivity index (χ0) is 24.3. The summed E-state index contributed by atoms with van der Waals surface area (Å²) in [5.41, 5.74) is 2.26. The predicted molar refractivity (Wildman–Crippen MR) is 140 cm³/mol. The Hall–Kier alpha value is -2.89. The lowest BCUT2D eigenvalue weighted by molar-refractivity contribution is -0.130. The molecule has 0 aromatic heterocycles. The molecule has 1 aliphatic heterocycles. The lowest BCUT2D eigenvalue weighted by atomic mass is 9.71. The van der Waals surface area contributed by atoms with Gasteiger partial charge in [0.25, 0.3) is 0 Å². The van der Waals surface area contributed by atoms with Crippen molar-refractivity contribution in [3.63, 3.8) is 0 Å². The van der Waals surface area contributed by atoms with Crippen LogP contribution in [0.1, 0.15) is 69.8 Å². The number of nitrogens with one attached hydrogen (secondary N) is 3. The summed E-state index contributed by atoms with van der Waals surface area (Å²) in [4.78, 5) is 14.3. The summed E-state index contributed by atoms with van der Waals surface area (Å²) >= 11 is 0. The second-order valence-corrected chi connectivity index (χ2v) is 10.4. The van der Waals surface area contributed by atoms with Gasteiger partial charge in [-0.05, 0) is 55.9 Å². The first kappa shape index (κ1) is 23.8. The molecule has 1 amide bonds. The van der Waals surface area contributed by atoms with Crippen molar-refractivity contribution in [3.05, 3.63) is 48.0 Å². The number of para-hydroxylation sites is 2. The van der Waals surface area contributed by atoms with Crippen LogP contribution in [0.2, 0.25) is 0 Å². The molecule has 1 unspecified atom stereocenters. The highest BCUT2D eigenvalue weighted by Gasteiger charge is 2.52. The Morgan fingerprint density at radius 3 is 2.06 bits per heavy atom. The number of anilines is 2. The number of amides is 1. The Morgan fingerprint density at radius 1 is 0.857 bits per heavy atom. The van der Waals surface area contributed by atoms with Crippen LogP contribution in [0.5, 0.6) is 11.5 Å². The lowest BCUT2D eigenvalue weighted by Gasteiger charge is -2.44. The summed E-state index contributed by atoms with van der Waals surface area (Å²) in [6.07, 6.45) is 11.5. The Balaban J connectivity index is 1.59. The van der Waals surface area contributed by atoms with Gasteiger partial charge >= 0.3 is 0 Å². The van der Waals surface area contributed by atoms with Crippen LogP contribution in [0.25, 0.3) is 0 Å². The monoisotopic (exact) mass is 477 g/mol. The zero-order valence-electron chi connectivity index (χ0n) is 21.1. The van der Waals surface area contributed by atoms with Gasteiger partial charge in [0.1, 0.15) is 5.66 Å². The molecule has 1 heterocycles. The van der Waals surface area contributed by atoms with Gasteiger partial charge in [-0.1, -0.05) is 56.7 Å². The molecule has 35 heavy (non-hydrogen) atoms. The van der Waals surface area contributed by atoms with Gasteiger partial charge in [0, 0.05) is 11.6 Å². The molecule has 188 valence electrons. The molecule has 3 N–H and O–H groups in total. The van der Waals surface area contributed by atoms with Gasteiger partial charge in [-0.25, -0.2) is 0 Å². The fraction of sp³-hybridized carbons (Fsp3) is 0.552. The average Bonchev–Trinajstić information content (AvgIpc) is 3.29. The third kappa shape index (κ3) is 4.67. The third-order valence-electron chi connectivity index (χ3n) is 8.25. The SMILES string of the molecule is COc1ccc(C2(C(C(=O)NC3CCCCC3)C3CCCCC3)Nc3ccccc3N2)cc1OC. The molecule has 2 fully saturated rings. The van der Waals surface area contributed by atoms with Gasteiger partial charge in [-0.15, -0.1) is 0 Å². The first-order chi connectivity index (χ1) is 17.1. The number of carbonyl (C=O) groups excluding carboxylic acids is 1. The Morgan fingerprint density at radius 2 is 1.46 bits per heavy atom.